The van der Waals surface area contributed by atoms with Gasteiger partial charge in [-0.2, -0.15) is 0 Å². The van der Waals surface area contributed by atoms with Crippen LogP contribution in [0, 0.1) is 0 Å². The maximum atomic E-state index is 6.39. The van der Waals surface area contributed by atoms with Crippen molar-refractivity contribution in [2.24, 2.45) is 0 Å². The van der Waals surface area contributed by atoms with Crippen LogP contribution >= 0.6 is 47.2 Å². The fourth-order valence-corrected chi connectivity index (χ4v) is 2.94. The molecule has 0 saturated carbocycles. The summed E-state index contributed by atoms with van der Waals surface area (Å²) in [5.74, 6) is 1.15. The minimum atomic E-state index is 0. The second-order valence-electron chi connectivity index (χ2n) is 5.14. The minimum absolute atomic E-state index is 0. The van der Waals surface area contributed by atoms with E-state index in [1.54, 1.807) is 12.1 Å². The number of hydrogen-bond donors (Lipinski definition) is 1. The predicted molar refractivity (Wildman–Crippen MR) is 108 cm³/mol. The third-order valence-electron chi connectivity index (χ3n) is 3.34. The Labute approximate surface area is 170 Å². The molecule has 25 heavy (non-hydrogen) atoms. The molecule has 0 amide bonds. The fourth-order valence-electron chi connectivity index (χ4n) is 2.18. The van der Waals surface area contributed by atoms with Gasteiger partial charge < -0.3 is 14.8 Å². The molecule has 1 N–H and O–H groups in total. The van der Waals surface area contributed by atoms with E-state index in [1.165, 1.54) is 0 Å². The topological polar surface area (TPSA) is 30.5 Å². The molecule has 3 nitrogen and oxygen atoms in total. The summed E-state index contributed by atoms with van der Waals surface area (Å²) in [5.41, 5.74) is 1.87. The molecule has 2 aromatic rings. The number of rotatable bonds is 8. The number of benzene rings is 2. The van der Waals surface area contributed by atoms with Gasteiger partial charge in [0.2, 0.25) is 0 Å². The van der Waals surface area contributed by atoms with Gasteiger partial charge in [-0.15, -0.1) is 12.4 Å². The Morgan fingerprint density at radius 1 is 0.960 bits per heavy atom. The van der Waals surface area contributed by atoms with Gasteiger partial charge in [-0.25, -0.2) is 0 Å². The van der Waals surface area contributed by atoms with Gasteiger partial charge in [-0.3, -0.25) is 0 Å². The molecule has 0 aromatic heterocycles. The van der Waals surface area contributed by atoms with Gasteiger partial charge in [-0.1, -0.05) is 47.8 Å². The van der Waals surface area contributed by atoms with Crippen molar-refractivity contribution in [2.75, 3.05) is 13.2 Å². The molecule has 0 saturated heterocycles. The van der Waals surface area contributed by atoms with E-state index in [-0.39, 0.29) is 19.0 Å². The van der Waals surface area contributed by atoms with Crippen molar-refractivity contribution in [2.45, 2.75) is 27.0 Å². The van der Waals surface area contributed by atoms with Gasteiger partial charge in [-0.05, 0) is 43.3 Å². The summed E-state index contributed by atoms with van der Waals surface area (Å²) < 4.78 is 11.6. The van der Waals surface area contributed by atoms with Crippen LogP contribution in [0.3, 0.4) is 0 Å². The van der Waals surface area contributed by atoms with Crippen molar-refractivity contribution in [3.63, 3.8) is 0 Å². The quantitative estimate of drug-likeness (QED) is 0.550. The zero-order valence-electron chi connectivity index (χ0n) is 14.1. The van der Waals surface area contributed by atoms with Crippen LogP contribution in [-0.2, 0) is 13.2 Å². The maximum Gasteiger partial charge on any atom is 0.180 e. The Bertz CT molecular complexity index is 695. The SMILES string of the molecule is CCNCc1cc(Cl)c(OCc2ccc(Cl)cc2Cl)c(OCC)c1.Cl. The standard InChI is InChI=1S/C18H20Cl3NO2.ClH/c1-3-22-10-12-7-16(21)18(17(8-12)23-4-2)24-11-13-5-6-14(19)9-15(13)20;/h5-9,22H,3-4,10-11H2,1-2H3;1H. The summed E-state index contributed by atoms with van der Waals surface area (Å²) in [4.78, 5) is 0. The molecular formula is C18H21Cl4NO2. The first kappa shape index (κ1) is 22.2. The van der Waals surface area contributed by atoms with E-state index in [9.17, 15) is 0 Å². The summed E-state index contributed by atoms with van der Waals surface area (Å²) in [5, 5.41) is 4.92. The van der Waals surface area contributed by atoms with E-state index in [4.69, 9.17) is 44.3 Å². The molecular weight excluding hydrogens is 404 g/mol. The highest BCUT2D eigenvalue weighted by Gasteiger charge is 2.13. The van der Waals surface area contributed by atoms with E-state index in [2.05, 4.69) is 12.2 Å². The molecule has 2 aromatic carbocycles. The first-order valence-electron chi connectivity index (χ1n) is 7.77. The lowest BCUT2D eigenvalue weighted by Gasteiger charge is -2.16. The number of hydrogen-bond acceptors (Lipinski definition) is 3. The lowest BCUT2D eigenvalue weighted by atomic mass is 10.2. The Balaban J connectivity index is 0.00000312. The minimum Gasteiger partial charge on any atom is -0.490 e. The Morgan fingerprint density at radius 3 is 2.36 bits per heavy atom. The number of nitrogens with one attached hydrogen (secondary N) is 1. The van der Waals surface area contributed by atoms with Gasteiger partial charge in [0.05, 0.1) is 11.6 Å². The van der Waals surface area contributed by atoms with E-state index < -0.39 is 0 Å². The zero-order chi connectivity index (χ0) is 17.5. The molecule has 0 heterocycles. The summed E-state index contributed by atoms with van der Waals surface area (Å²) >= 11 is 18.5. The highest BCUT2D eigenvalue weighted by Crippen LogP contribution is 2.37. The van der Waals surface area contributed by atoms with Crippen LogP contribution in [-0.4, -0.2) is 13.2 Å². The average molecular weight is 425 g/mol. The van der Waals surface area contributed by atoms with Gasteiger partial charge in [0.25, 0.3) is 0 Å². The van der Waals surface area contributed by atoms with Crippen molar-refractivity contribution in [3.8, 4) is 11.5 Å². The fraction of sp³-hybridized carbons (Fsp3) is 0.333. The number of ether oxygens (including phenoxy) is 2. The van der Waals surface area contributed by atoms with Crippen LogP contribution in [0.4, 0.5) is 0 Å². The molecule has 0 aliphatic heterocycles. The second-order valence-corrected chi connectivity index (χ2v) is 6.39. The summed E-state index contributed by atoms with van der Waals surface area (Å²) in [7, 11) is 0. The van der Waals surface area contributed by atoms with E-state index in [1.807, 2.05) is 25.1 Å². The van der Waals surface area contributed by atoms with Crippen LogP contribution in [0.2, 0.25) is 15.1 Å². The average Bonchev–Trinajstić information content (AvgIpc) is 2.54. The third kappa shape index (κ3) is 6.43. The highest BCUT2D eigenvalue weighted by molar-refractivity contribution is 6.35. The smallest absolute Gasteiger partial charge is 0.180 e. The van der Waals surface area contributed by atoms with Crippen LogP contribution in [0.25, 0.3) is 0 Å². The molecule has 0 radical (unpaired) electrons. The van der Waals surface area contributed by atoms with Gasteiger partial charge in [0.15, 0.2) is 11.5 Å². The molecule has 0 aliphatic rings. The second kappa shape index (κ2) is 11.0. The van der Waals surface area contributed by atoms with Gasteiger partial charge in [0.1, 0.15) is 6.61 Å². The first-order valence-corrected chi connectivity index (χ1v) is 8.91. The Hall–Kier alpha value is -0.840. The molecule has 0 spiro atoms. The van der Waals surface area contributed by atoms with E-state index in [0.29, 0.717) is 33.2 Å². The molecule has 7 heteroatoms. The maximum absolute atomic E-state index is 6.39. The Morgan fingerprint density at radius 2 is 1.72 bits per heavy atom. The van der Waals surface area contributed by atoms with Crippen molar-refractivity contribution in [1.82, 2.24) is 5.32 Å². The summed E-state index contributed by atoms with van der Waals surface area (Å²) in [6.45, 7) is 6.39. The van der Waals surface area contributed by atoms with Gasteiger partial charge >= 0.3 is 0 Å². The lowest BCUT2D eigenvalue weighted by molar-refractivity contribution is 0.269. The largest absolute Gasteiger partial charge is 0.490 e. The molecule has 0 unspecified atom stereocenters. The van der Waals surface area contributed by atoms with Gasteiger partial charge in [0, 0.05) is 22.2 Å². The number of halogens is 4. The summed E-state index contributed by atoms with van der Waals surface area (Å²) in [6.07, 6.45) is 0. The normalized spacial score (nSPS) is 10.3. The molecule has 0 atom stereocenters. The molecule has 0 bridgehead atoms. The monoisotopic (exact) mass is 423 g/mol. The molecule has 2 rings (SSSR count). The van der Waals surface area contributed by atoms with E-state index >= 15 is 0 Å². The van der Waals surface area contributed by atoms with Crippen LogP contribution in [0.15, 0.2) is 30.3 Å². The molecule has 0 fully saturated rings. The van der Waals surface area contributed by atoms with Crippen molar-refractivity contribution in [3.05, 3.63) is 56.5 Å². The van der Waals surface area contributed by atoms with Crippen molar-refractivity contribution < 1.29 is 9.47 Å². The van der Waals surface area contributed by atoms with E-state index in [0.717, 1.165) is 24.2 Å². The predicted octanol–water partition coefficient (Wildman–Crippen LogP) is 6.16. The zero-order valence-corrected chi connectivity index (χ0v) is 17.2. The summed E-state index contributed by atoms with van der Waals surface area (Å²) in [6, 6.07) is 9.12. The van der Waals surface area contributed by atoms with Crippen LogP contribution in [0.5, 0.6) is 11.5 Å². The van der Waals surface area contributed by atoms with Crippen molar-refractivity contribution in [1.29, 1.82) is 0 Å². The third-order valence-corrected chi connectivity index (χ3v) is 4.20. The van der Waals surface area contributed by atoms with Crippen LogP contribution in [0.1, 0.15) is 25.0 Å². The first-order chi connectivity index (χ1) is 11.5. The highest BCUT2D eigenvalue weighted by atomic mass is 35.5. The molecule has 0 aliphatic carbocycles. The lowest BCUT2D eigenvalue weighted by Crippen LogP contribution is -2.12. The Kier molecular flexibility index (Phi) is 9.77. The van der Waals surface area contributed by atoms with Crippen LogP contribution < -0.4 is 14.8 Å². The van der Waals surface area contributed by atoms with Crippen molar-refractivity contribution >= 4 is 47.2 Å². The molecule has 138 valence electrons.